The molecule has 7 heteroatoms. The summed E-state index contributed by atoms with van der Waals surface area (Å²) in [5, 5.41) is 7.29. The van der Waals surface area contributed by atoms with Crippen LogP contribution in [0.2, 0.25) is 0 Å². The van der Waals surface area contributed by atoms with Crippen molar-refractivity contribution in [3.63, 3.8) is 0 Å². The topological polar surface area (TPSA) is 81.4 Å². The molecule has 0 spiro atoms. The van der Waals surface area contributed by atoms with Crippen LogP contribution < -0.4 is 10.1 Å². The zero-order chi connectivity index (χ0) is 20.5. The van der Waals surface area contributed by atoms with Crippen LogP contribution in [0.1, 0.15) is 24.1 Å². The van der Waals surface area contributed by atoms with Gasteiger partial charge in [-0.25, -0.2) is 4.52 Å². The van der Waals surface area contributed by atoms with Crippen LogP contribution in [0.15, 0.2) is 60.8 Å². The highest BCUT2D eigenvalue weighted by Crippen LogP contribution is 2.30. The van der Waals surface area contributed by atoms with Gasteiger partial charge in [0.25, 0.3) is 0 Å². The largest absolute Gasteiger partial charge is 0.489 e. The highest BCUT2D eigenvalue weighted by molar-refractivity contribution is 5.92. The highest BCUT2D eigenvalue weighted by Gasteiger charge is 2.30. The van der Waals surface area contributed by atoms with Crippen LogP contribution in [-0.4, -0.2) is 25.5 Å². The van der Waals surface area contributed by atoms with E-state index in [-0.39, 0.29) is 11.8 Å². The fraction of sp³-hybridized carbons (Fsp3) is 0.217. The quantitative estimate of drug-likeness (QED) is 0.529. The molecular formula is C23H21N5O2. The Kier molecular flexibility index (Phi) is 4.63. The second kappa shape index (κ2) is 7.59. The summed E-state index contributed by atoms with van der Waals surface area (Å²) in [7, 11) is 0. The third-order valence-corrected chi connectivity index (χ3v) is 5.07. The number of benzene rings is 1. The Morgan fingerprint density at radius 1 is 1.13 bits per heavy atom. The van der Waals surface area contributed by atoms with Gasteiger partial charge < -0.3 is 4.74 Å². The van der Waals surface area contributed by atoms with Crippen LogP contribution in [0.25, 0.3) is 16.9 Å². The second-order valence-corrected chi connectivity index (χ2v) is 7.50. The maximum atomic E-state index is 12.0. The van der Waals surface area contributed by atoms with E-state index in [0.717, 1.165) is 41.1 Å². The van der Waals surface area contributed by atoms with Crippen LogP contribution in [0.4, 0.5) is 5.95 Å². The van der Waals surface area contributed by atoms with Crippen molar-refractivity contribution in [3.8, 4) is 17.0 Å². The molecule has 1 amide bonds. The minimum Gasteiger partial charge on any atom is -0.489 e. The number of rotatable bonds is 6. The number of hydrogen-bond acceptors (Lipinski definition) is 5. The molecule has 0 bridgehead atoms. The summed E-state index contributed by atoms with van der Waals surface area (Å²) >= 11 is 0. The lowest BCUT2D eigenvalue weighted by Gasteiger charge is -2.08. The van der Waals surface area contributed by atoms with Crippen molar-refractivity contribution in [2.24, 2.45) is 5.92 Å². The molecule has 0 atom stereocenters. The van der Waals surface area contributed by atoms with Crippen molar-refractivity contribution >= 4 is 17.5 Å². The molecule has 0 aliphatic heterocycles. The van der Waals surface area contributed by atoms with Gasteiger partial charge in [-0.2, -0.15) is 4.98 Å². The zero-order valence-corrected chi connectivity index (χ0v) is 16.6. The predicted octanol–water partition coefficient (Wildman–Crippen LogP) is 4.03. The highest BCUT2D eigenvalue weighted by atomic mass is 16.5. The molecule has 1 saturated carbocycles. The number of nitrogens with zero attached hydrogens (tertiary/aromatic N) is 4. The van der Waals surface area contributed by atoms with Crippen molar-refractivity contribution in [3.05, 3.63) is 72.1 Å². The molecule has 1 aromatic carbocycles. The molecule has 0 radical (unpaired) electrons. The number of fused-ring (bicyclic) bond motifs is 1. The first-order valence-corrected chi connectivity index (χ1v) is 9.97. The number of hydrogen-bond donors (Lipinski definition) is 1. The minimum atomic E-state index is -0.00210. The van der Waals surface area contributed by atoms with E-state index in [1.54, 1.807) is 4.52 Å². The van der Waals surface area contributed by atoms with Crippen molar-refractivity contribution in [1.82, 2.24) is 19.6 Å². The van der Waals surface area contributed by atoms with Crippen LogP contribution in [0.5, 0.6) is 5.75 Å². The lowest BCUT2D eigenvalue weighted by atomic mass is 10.1. The van der Waals surface area contributed by atoms with Crippen LogP contribution in [0.3, 0.4) is 0 Å². The van der Waals surface area contributed by atoms with E-state index in [1.807, 2.05) is 67.7 Å². The standard InChI is InChI=1S/C23H21N5O2/c1-15-5-6-16(13-24-15)14-30-19-11-9-17(10-12-19)20-3-2-4-21-25-23(27-28(20)21)26-22(29)18-7-8-18/h2-6,9-13,18H,7-8,14H2,1H3,(H,26,27,29). The van der Waals surface area contributed by atoms with E-state index in [9.17, 15) is 4.79 Å². The number of nitrogens with one attached hydrogen (secondary N) is 1. The van der Waals surface area contributed by atoms with Crippen molar-refractivity contribution in [2.45, 2.75) is 26.4 Å². The van der Waals surface area contributed by atoms with Crippen molar-refractivity contribution < 1.29 is 9.53 Å². The lowest BCUT2D eigenvalue weighted by Crippen LogP contribution is -2.14. The average Bonchev–Trinajstić information content (AvgIpc) is 3.54. The molecule has 30 heavy (non-hydrogen) atoms. The summed E-state index contributed by atoms with van der Waals surface area (Å²) in [6, 6.07) is 17.6. The predicted molar refractivity (Wildman–Crippen MR) is 113 cm³/mol. The maximum absolute atomic E-state index is 12.0. The van der Waals surface area contributed by atoms with Gasteiger partial charge in [-0.1, -0.05) is 12.1 Å². The SMILES string of the molecule is Cc1ccc(COc2ccc(-c3cccc4nc(NC(=O)C5CC5)nn34)cc2)cn1. The molecular weight excluding hydrogens is 378 g/mol. The molecule has 0 saturated heterocycles. The Hall–Kier alpha value is -3.74. The van der Waals surface area contributed by atoms with E-state index in [0.29, 0.717) is 18.2 Å². The molecule has 3 heterocycles. The summed E-state index contributed by atoms with van der Waals surface area (Å²) in [5.41, 5.74) is 4.57. The van der Waals surface area contributed by atoms with Gasteiger partial charge in [0.05, 0.1) is 5.69 Å². The average molecular weight is 399 g/mol. The van der Waals surface area contributed by atoms with Crippen molar-refractivity contribution in [1.29, 1.82) is 0 Å². The Labute approximate surface area is 173 Å². The smallest absolute Gasteiger partial charge is 0.249 e. The molecule has 1 aliphatic rings. The monoisotopic (exact) mass is 399 g/mol. The molecule has 3 aromatic heterocycles. The molecule has 0 unspecified atom stereocenters. The number of aromatic nitrogens is 4. The summed E-state index contributed by atoms with van der Waals surface area (Å²) in [6.45, 7) is 2.43. The van der Waals surface area contributed by atoms with Gasteiger partial charge in [0, 0.05) is 28.9 Å². The number of carbonyl (C=O) groups excluding carboxylic acids is 1. The summed E-state index contributed by atoms with van der Waals surface area (Å²) in [6.07, 6.45) is 3.72. The molecule has 7 nitrogen and oxygen atoms in total. The fourth-order valence-electron chi connectivity index (χ4n) is 3.21. The lowest BCUT2D eigenvalue weighted by molar-refractivity contribution is -0.117. The molecule has 1 N–H and O–H groups in total. The Bertz CT molecular complexity index is 1190. The van der Waals surface area contributed by atoms with Crippen LogP contribution >= 0.6 is 0 Å². The van der Waals surface area contributed by atoms with Gasteiger partial charge in [0.15, 0.2) is 5.65 Å². The zero-order valence-electron chi connectivity index (χ0n) is 16.6. The summed E-state index contributed by atoms with van der Waals surface area (Å²) in [5.74, 6) is 1.23. The molecule has 4 aromatic rings. The van der Waals surface area contributed by atoms with Crippen LogP contribution in [-0.2, 0) is 11.4 Å². The first kappa shape index (κ1) is 18.3. The summed E-state index contributed by atoms with van der Waals surface area (Å²) < 4.78 is 7.61. The van der Waals surface area contributed by atoms with E-state index in [2.05, 4.69) is 20.4 Å². The fourth-order valence-corrected chi connectivity index (χ4v) is 3.21. The molecule has 1 fully saturated rings. The van der Waals surface area contributed by atoms with E-state index < -0.39 is 0 Å². The van der Waals surface area contributed by atoms with Crippen molar-refractivity contribution in [2.75, 3.05) is 5.32 Å². The van der Waals surface area contributed by atoms with Gasteiger partial charge in [-0.15, -0.1) is 5.10 Å². The number of anilines is 1. The Morgan fingerprint density at radius 2 is 1.97 bits per heavy atom. The van der Waals surface area contributed by atoms with Gasteiger partial charge in [0.2, 0.25) is 11.9 Å². The van der Waals surface area contributed by atoms with E-state index in [1.165, 1.54) is 0 Å². The Morgan fingerprint density at radius 3 is 2.70 bits per heavy atom. The Balaban J connectivity index is 1.33. The molecule has 150 valence electrons. The number of ether oxygens (including phenoxy) is 1. The first-order valence-electron chi connectivity index (χ1n) is 9.97. The van der Waals surface area contributed by atoms with E-state index >= 15 is 0 Å². The number of aryl methyl sites for hydroxylation is 1. The molecule has 5 rings (SSSR count). The number of pyridine rings is 2. The summed E-state index contributed by atoms with van der Waals surface area (Å²) in [4.78, 5) is 20.7. The molecule has 1 aliphatic carbocycles. The minimum absolute atomic E-state index is 0.00210. The van der Waals surface area contributed by atoms with Crippen LogP contribution in [0, 0.1) is 12.8 Å². The van der Waals surface area contributed by atoms with E-state index in [4.69, 9.17) is 4.74 Å². The van der Waals surface area contributed by atoms with Gasteiger partial charge in [0.1, 0.15) is 12.4 Å². The van der Waals surface area contributed by atoms with Gasteiger partial charge in [-0.05, 0) is 62.2 Å². The normalized spacial score (nSPS) is 13.4. The maximum Gasteiger partial charge on any atom is 0.249 e. The number of carbonyl (C=O) groups is 1. The van der Waals surface area contributed by atoms with Gasteiger partial charge >= 0.3 is 0 Å². The first-order chi connectivity index (χ1) is 14.7. The third-order valence-electron chi connectivity index (χ3n) is 5.07. The third kappa shape index (κ3) is 3.87. The van der Waals surface area contributed by atoms with Gasteiger partial charge in [-0.3, -0.25) is 15.1 Å². The second-order valence-electron chi connectivity index (χ2n) is 7.50. The number of amides is 1.